The highest BCUT2D eigenvalue weighted by atomic mass is 35.5. The lowest BCUT2D eigenvalue weighted by Gasteiger charge is -2.05. The first kappa shape index (κ1) is 14.7. The number of carbonyl (C=O) groups is 1. The summed E-state index contributed by atoms with van der Waals surface area (Å²) in [5.74, 6) is -2.30. The molecule has 0 aliphatic rings. The van der Waals surface area contributed by atoms with Crippen molar-refractivity contribution in [2.45, 2.75) is 4.90 Å². The average Bonchev–Trinajstić information content (AvgIpc) is 2.38. The molecule has 6 heteroatoms. The molecular formula is C14H10ClFO3S. The molecule has 0 aliphatic carbocycles. The SMILES string of the molecule is O=C(CS(=O)(=O)c1ccccc1F)c1cccc(Cl)c1. The van der Waals surface area contributed by atoms with Crippen LogP contribution in [0.5, 0.6) is 0 Å². The van der Waals surface area contributed by atoms with Gasteiger partial charge in [-0.3, -0.25) is 4.79 Å². The average molecular weight is 313 g/mol. The maximum absolute atomic E-state index is 13.5. The molecule has 3 nitrogen and oxygen atoms in total. The summed E-state index contributed by atoms with van der Waals surface area (Å²) in [6.45, 7) is 0. The minimum Gasteiger partial charge on any atom is -0.293 e. The molecule has 0 aromatic heterocycles. The van der Waals surface area contributed by atoms with Crippen molar-refractivity contribution in [3.63, 3.8) is 0 Å². The summed E-state index contributed by atoms with van der Waals surface area (Å²) in [4.78, 5) is 11.5. The minimum atomic E-state index is -4.02. The van der Waals surface area contributed by atoms with Crippen molar-refractivity contribution in [2.24, 2.45) is 0 Å². The van der Waals surface area contributed by atoms with Crippen LogP contribution in [0.15, 0.2) is 53.4 Å². The van der Waals surface area contributed by atoms with Gasteiger partial charge in [-0.05, 0) is 24.3 Å². The first-order chi connectivity index (χ1) is 9.40. The van der Waals surface area contributed by atoms with Gasteiger partial charge in [0.1, 0.15) is 16.5 Å². The van der Waals surface area contributed by atoms with E-state index >= 15 is 0 Å². The van der Waals surface area contributed by atoms with Gasteiger partial charge in [0.2, 0.25) is 0 Å². The zero-order chi connectivity index (χ0) is 14.8. The molecule has 0 saturated heterocycles. The van der Waals surface area contributed by atoms with E-state index in [2.05, 4.69) is 0 Å². The van der Waals surface area contributed by atoms with Gasteiger partial charge in [0.05, 0.1) is 0 Å². The molecule has 0 amide bonds. The van der Waals surface area contributed by atoms with Gasteiger partial charge in [0, 0.05) is 10.6 Å². The van der Waals surface area contributed by atoms with Crippen molar-refractivity contribution in [1.29, 1.82) is 0 Å². The molecule has 0 aliphatic heterocycles. The molecule has 0 atom stereocenters. The van der Waals surface area contributed by atoms with Crippen LogP contribution in [0.3, 0.4) is 0 Å². The highest BCUT2D eigenvalue weighted by Crippen LogP contribution is 2.18. The second-order valence-electron chi connectivity index (χ2n) is 4.12. The van der Waals surface area contributed by atoms with Crippen molar-refractivity contribution >= 4 is 27.2 Å². The number of Topliss-reactive ketones (excluding diaryl/α,β-unsaturated/α-hetero) is 1. The Hall–Kier alpha value is -1.72. The van der Waals surface area contributed by atoms with Crippen LogP contribution in [0.1, 0.15) is 10.4 Å². The quantitative estimate of drug-likeness (QED) is 0.815. The number of halogens is 2. The van der Waals surface area contributed by atoms with E-state index in [1.165, 1.54) is 24.3 Å². The molecule has 20 heavy (non-hydrogen) atoms. The normalized spacial score (nSPS) is 11.3. The third kappa shape index (κ3) is 3.23. The first-order valence-corrected chi connectivity index (χ1v) is 7.69. The third-order valence-electron chi connectivity index (χ3n) is 2.64. The van der Waals surface area contributed by atoms with Crippen LogP contribution in [0, 0.1) is 5.82 Å². The number of rotatable bonds is 4. The molecule has 0 saturated carbocycles. The van der Waals surface area contributed by atoms with E-state index in [0.717, 1.165) is 12.1 Å². The summed E-state index contributed by atoms with van der Waals surface area (Å²) in [7, 11) is -4.02. The standard InChI is InChI=1S/C14H10ClFO3S/c15-11-5-3-4-10(8-11)13(17)9-20(18,19)14-7-2-1-6-12(14)16/h1-8H,9H2. The largest absolute Gasteiger partial charge is 0.293 e. The molecule has 0 N–H and O–H groups in total. The lowest BCUT2D eigenvalue weighted by Crippen LogP contribution is -2.17. The van der Waals surface area contributed by atoms with E-state index in [9.17, 15) is 17.6 Å². The summed E-state index contributed by atoms with van der Waals surface area (Å²) in [6.07, 6.45) is 0. The zero-order valence-corrected chi connectivity index (χ0v) is 11.8. The molecule has 0 bridgehead atoms. The van der Waals surface area contributed by atoms with Crippen molar-refractivity contribution in [3.8, 4) is 0 Å². The number of carbonyl (C=O) groups excluding carboxylic acids is 1. The van der Waals surface area contributed by atoms with E-state index in [1.807, 2.05) is 0 Å². The monoisotopic (exact) mass is 312 g/mol. The van der Waals surface area contributed by atoms with Crippen LogP contribution < -0.4 is 0 Å². The maximum atomic E-state index is 13.5. The van der Waals surface area contributed by atoms with Crippen molar-refractivity contribution in [2.75, 3.05) is 5.75 Å². The molecule has 0 heterocycles. The Balaban J connectivity index is 2.30. The Morgan fingerprint density at radius 3 is 2.45 bits per heavy atom. The van der Waals surface area contributed by atoms with Gasteiger partial charge in [-0.1, -0.05) is 35.9 Å². The summed E-state index contributed by atoms with van der Waals surface area (Å²) >= 11 is 5.74. The van der Waals surface area contributed by atoms with Crippen LogP contribution in [0.2, 0.25) is 5.02 Å². The molecule has 0 radical (unpaired) electrons. The highest BCUT2D eigenvalue weighted by molar-refractivity contribution is 7.92. The molecule has 2 rings (SSSR count). The fourth-order valence-corrected chi connectivity index (χ4v) is 3.20. The number of benzene rings is 2. The topological polar surface area (TPSA) is 51.2 Å². The molecule has 2 aromatic carbocycles. The number of ketones is 1. The van der Waals surface area contributed by atoms with Gasteiger partial charge < -0.3 is 0 Å². The Labute approximate surface area is 120 Å². The van der Waals surface area contributed by atoms with Crippen LogP contribution in [0.4, 0.5) is 4.39 Å². The Morgan fingerprint density at radius 2 is 1.80 bits per heavy atom. The van der Waals surface area contributed by atoms with Crippen LogP contribution >= 0.6 is 11.6 Å². The molecule has 0 spiro atoms. The van der Waals surface area contributed by atoms with E-state index in [1.54, 1.807) is 12.1 Å². The summed E-state index contributed by atoms with van der Waals surface area (Å²) in [5, 5.41) is 0.333. The number of hydrogen-bond acceptors (Lipinski definition) is 3. The summed E-state index contributed by atoms with van der Waals surface area (Å²) < 4.78 is 37.5. The minimum absolute atomic E-state index is 0.178. The predicted octanol–water partition coefficient (Wildman–Crippen LogP) is 3.14. The Kier molecular flexibility index (Phi) is 4.20. The third-order valence-corrected chi connectivity index (χ3v) is 4.52. The Bertz CT molecular complexity index is 757. The van der Waals surface area contributed by atoms with Crippen LogP contribution in [-0.2, 0) is 9.84 Å². The maximum Gasteiger partial charge on any atom is 0.188 e. The van der Waals surface area contributed by atoms with Gasteiger partial charge in [-0.25, -0.2) is 12.8 Å². The van der Waals surface area contributed by atoms with E-state index in [4.69, 9.17) is 11.6 Å². The summed E-state index contributed by atoms with van der Waals surface area (Å²) in [6, 6.07) is 10.9. The molecule has 2 aromatic rings. The second-order valence-corrected chi connectivity index (χ2v) is 6.52. The summed E-state index contributed by atoms with van der Waals surface area (Å²) in [5.41, 5.74) is 0.178. The predicted molar refractivity (Wildman–Crippen MR) is 74.2 cm³/mol. The fourth-order valence-electron chi connectivity index (χ4n) is 1.69. The van der Waals surface area contributed by atoms with Gasteiger partial charge in [-0.2, -0.15) is 0 Å². The lowest BCUT2D eigenvalue weighted by molar-refractivity contribution is 0.102. The van der Waals surface area contributed by atoms with Gasteiger partial charge in [0.25, 0.3) is 0 Å². The lowest BCUT2D eigenvalue weighted by atomic mass is 10.1. The van der Waals surface area contributed by atoms with Crippen molar-refractivity contribution in [1.82, 2.24) is 0 Å². The Morgan fingerprint density at radius 1 is 1.10 bits per heavy atom. The van der Waals surface area contributed by atoms with E-state index in [-0.39, 0.29) is 5.56 Å². The molecule has 104 valence electrons. The molecule has 0 fully saturated rings. The van der Waals surface area contributed by atoms with E-state index in [0.29, 0.717) is 5.02 Å². The van der Waals surface area contributed by atoms with Gasteiger partial charge in [-0.15, -0.1) is 0 Å². The van der Waals surface area contributed by atoms with Gasteiger partial charge in [0.15, 0.2) is 15.6 Å². The zero-order valence-electron chi connectivity index (χ0n) is 10.2. The number of hydrogen-bond donors (Lipinski definition) is 0. The van der Waals surface area contributed by atoms with Gasteiger partial charge >= 0.3 is 0 Å². The van der Waals surface area contributed by atoms with Crippen molar-refractivity contribution in [3.05, 3.63) is 64.9 Å². The first-order valence-electron chi connectivity index (χ1n) is 5.66. The second kappa shape index (κ2) is 5.73. The number of sulfone groups is 1. The smallest absolute Gasteiger partial charge is 0.188 e. The fraction of sp³-hybridized carbons (Fsp3) is 0.0714. The van der Waals surface area contributed by atoms with Crippen LogP contribution in [-0.4, -0.2) is 20.0 Å². The molecule has 0 unspecified atom stereocenters. The highest BCUT2D eigenvalue weighted by Gasteiger charge is 2.23. The van der Waals surface area contributed by atoms with Crippen molar-refractivity contribution < 1.29 is 17.6 Å². The molecular weight excluding hydrogens is 303 g/mol. The van der Waals surface area contributed by atoms with Crippen LogP contribution in [0.25, 0.3) is 0 Å². The van der Waals surface area contributed by atoms with E-state index < -0.39 is 32.1 Å².